The zero-order valence-electron chi connectivity index (χ0n) is 17.1. The van der Waals surface area contributed by atoms with E-state index in [1.54, 1.807) is 0 Å². The largest absolute Gasteiger partial charge is 0.326 e. The summed E-state index contributed by atoms with van der Waals surface area (Å²) in [5.74, 6) is 0.00157. The summed E-state index contributed by atoms with van der Waals surface area (Å²) in [5, 5.41) is 11.7. The number of anilines is 1. The van der Waals surface area contributed by atoms with Crippen molar-refractivity contribution >= 4 is 29.1 Å². The van der Waals surface area contributed by atoms with Gasteiger partial charge in [-0.2, -0.15) is 0 Å². The molecule has 1 heterocycles. The number of aromatic nitrogens is 3. The maximum atomic E-state index is 13.0. The second-order valence-electron chi connectivity index (χ2n) is 6.89. The van der Waals surface area contributed by atoms with Crippen LogP contribution in [-0.4, -0.2) is 32.2 Å². The van der Waals surface area contributed by atoms with Gasteiger partial charge in [0.2, 0.25) is 5.91 Å². The number of rotatable bonds is 8. The van der Waals surface area contributed by atoms with Crippen LogP contribution in [0.1, 0.15) is 34.2 Å². The molecule has 0 saturated carbocycles. The van der Waals surface area contributed by atoms with Crippen molar-refractivity contribution < 1.29 is 14.0 Å². The van der Waals surface area contributed by atoms with Crippen molar-refractivity contribution in [1.29, 1.82) is 0 Å². The van der Waals surface area contributed by atoms with Gasteiger partial charge in [0.1, 0.15) is 11.6 Å². The van der Waals surface area contributed by atoms with Gasteiger partial charge in [0.25, 0.3) is 0 Å². The van der Waals surface area contributed by atoms with E-state index in [9.17, 15) is 14.0 Å². The summed E-state index contributed by atoms with van der Waals surface area (Å²) in [5.41, 5.74) is 3.45. The first-order valence-corrected chi connectivity index (χ1v) is 10.6. The zero-order valence-corrected chi connectivity index (χ0v) is 17.9. The highest BCUT2D eigenvalue weighted by atomic mass is 32.2. The number of amides is 1. The molecule has 0 atom stereocenters. The number of hydrogen-bond donors (Lipinski definition) is 1. The molecular formula is C22H23FN4O2S. The molecule has 0 radical (unpaired) electrons. The van der Waals surface area contributed by atoms with Crippen LogP contribution in [0.15, 0.2) is 47.6 Å². The minimum Gasteiger partial charge on any atom is -0.326 e. The van der Waals surface area contributed by atoms with Gasteiger partial charge < -0.3 is 9.88 Å². The van der Waals surface area contributed by atoms with E-state index < -0.39 is 0 Å². The number of hydrogen-bond acceptors (Lipinski definition) is 5. The standard InChI is InChI=1S/C22H23FN4O2S/c1-4-27-20(12-21(29)24-18-10-5-14(2)15(3)11-18)25-26-22(27)30-13-19(28)16-6-8-17(23)9-7-16/h5-11H,4,12-13H2,1-3H3,(H,24,29). The topological polar surface area (TPSA) is 76.9 Å². The molecule has 0 spiro atoms. The maximum absolute atomic E-state index is 13.0. The molecule has 0 unspecified atom stereocenters. The molecule has 30 heavy (non-hydrogen) atoms. The van der Waals surface area contributed by atoms with E-state index in [1.807, 2.05) is 43.5 Å². The molecule has 3 aromatic rings. The number of carbonyl (C=O) groups excluding carboxylic acids is 2. The molecule has 0 saturated heterocycles. The molecule has 0 fully saturated rings. The SMILES string of the molecule is CCn1c(CC(=O)Nc2ccc(C)c(C)c2)nnc1SCC(=O)c1ccc(F)cc1. The van der Waals surface area contributed by atoms with Crippen LogP contribution in [0.25, 0.3) is 0 Å². The number of halogens is 1. The second kappa shape index (κ2) is 9.67. The van der Waals surface area contributed by atoms with E-state index in [4.69, 9.17) is 0 Å². The minimum atomic E-state index is -0.381. The Kier molecular flexibility index (Phi) is 6.99. The summed E-state index contributed by atoms with van der Waals surface area (Å²) < 4.78 is 14.8. The van der Waals surface area contributed by atoms with Gasteiger partial charge in [-0.05, 0) is 68.3 Å². The first kappa shape index (κ1) is 21.7. The number of Topliss-reactive ketones (excluding diaryl/α,β-unsaturated/α-hetero) is 1. The second-order valence-corrected chi connectivity index (χ2v) is 7.83. The first-order valence-electron chi connectivity index (χ1n) is 9.58. The van der Waals surface area contributed by atoms with Gasteiger partial charge in [0.05, 0.1) is 12.2 Å². The number of nitrogens with one attached hydrogen (secondary N) is 1. The predicted molar refractivity (Wildman–Crippen MR) is 115 cm³/mol. The van der Waals surface area contributed by atoms with Crippen molar-refractivity contribution in [2.45, 2.75) is 38.9 Å². The highest BCUT2D eigenvalue weighted by Gasteiger charge is 2.16. The average Bonchev–Trinajstić information content (AvgIpc) is 3.10. The van der Waals surface area contributed by atoms with E-state index in [1.165, 1.54) is 36.0 Å². The molecule has 1 aromatic heterocycles. The summed E-state index contributed by atoms with van der Waals surface area (Å²) in [4.78, 5) is 24.8. The highest BCUT2D eigenvalue weighted by Crippen LogP contribution is 2.20. The average molecular weight is 427 g/mol. The Morgan fingerprint density at radius 2 is 1.80 bits per heavy atom. The summed E-state index contributed by atoms with van der Waals surface area (Å²) in [6.07, 6.45) is 0.0836. The fraction of sp³-hybridized carbons (Fsp3) is 0.273. The van der Waals surface area contributed by atoms with Crippen LogP contribution < -0.4 is 5.32 Å². The molecule has 3 rings (SSSR count). The summed E-state index contributed by atoms with van der Waals surface area (Å²) >= 11 is 1.25. The van der Waals surface area contributed by atoms with Crippen LogP contribution in [0.4, 0.5) is 10.1 Å². The van der Waals surface area contributed by atoms with E-state index in [-0.39, 0.29) is 29.7 Å². The predicted octanol–water partition coefficient (Wildman–Crippen LogP) is 4.21. The molecule has 1 N–H and O–H groups in total. The van der Waals surface area contributed by atoms with Gasteiger partial charge in [-0.3, -0.25) is 9.59 Å². The molecule has 2 aromatic carbocycles. The number of carbonyl (C=O) groups is 2. The molecule has 8 heteroatoms. The zero-order chi connectivity index (χ0) is 21.7. The number of thioether (sulfide) groups is 1. The van der Waals surface area contributed by atoms with Crippen molar-refractivity contribution in [3.05, 3.63) is 70.8 Å². The van der Waals surface area contributed by atoms with Crippen molar-refractivity contribution in [3.63, 3.8) is 0 Å². The van der Waals surface area contributed by atoms with Gasteiger partial charge in [-0.15, -0.1) is 10.2 Å². The van der Waals surface area contributed by atoms with E-state index >= 15 is 0 Å². The van der Waals surface area contributed by atoms with Crippen LogP contribution in [0.2, 0.25) is 0 Å². The van der Waals surface area contributed by atoms with Gasteiger partial charge in [-0.25, -0.2) is 4.39 Å². The lowest BCUT2D eigenvalue weighted by atomic mass is 10.1. The van der Waals surface area contributed by atoms with Crippen molar-refractivity contribution in [1.82, 2.24) is 14.8 Å². The monoisotopic (exact) mass is 426 g/mol. The molecule has 0 bridgehead atoms. The minimum absolute atomic E-state index is 0.0836. The molecule has 156 valence electrons. The fourth-order valence-corrected chi connectivity index (χ4v) is 3.81. The van der Waals surface area contributed by atoms with Gasteiger partial charge in [-0.1, -0.05) is 17.8 Å². The molecule has 1 amide bonds. The smallest absolute Gasteiger partial charge is 0.232 e. The molecule has 0 aliphatic rings. The third kappa shape index (κ3) is 5.33. The van der Waals surface area contributed by atoms with Crippen LogP contribution in [-0.2, 0) is 17.8 Å². The number of nitrogens with zero attached hydrogens (tertiary/aromatic N) is 3. The van der Waals surface area contributed by atoms with Gasteiger partial charge in [0, 0.05) is 17.8 Å². The van der Waals surface area contributed by atoms with Crippen LogP contribution >= 0.6 is 11.8 Å². The lowest BCUT2D eigenvalue weighted by molar-refractivity contribution is -0.115. The van der Waals surface area contributed by atoms with Crippen LogP contribution in [0.3, 0.4) is 0 Å². The Morgan fingerprint density at radius 1 is 1.07 bits per heavy atom. The lowest BCUT2D eigenvalue weighted by Crippen LogP contribution is -2.18. The Bertz CT molecular complexity index is 1060. The van der Waals surface area contributed by atoms with Crippen molar-refractivity contribution in [3.8, 4) is 0 Å². The number of benzene rings is 2. The van der Waals surface area contributed by atoms with E-state index in [2.05, 4.69) is 15.5 Å². The maximum Gasteiger partial charge on any atom is 0.232 e. The summed E-state index contributed by atoms with van der Waals surface area (Å²) in [6.45, 7) is 6.52. The Balaban J connectivity index is 1.63. The van der Waals surface area contributed by atoms with Crippen LogP contribution in [0, 0.1) is 19.7 Å². The Morgan fingerprint density at radius 3 is 2.47 bits per heavy atom. The Labute approximate surface area is 178 Å². The third-order valence-electron chi connectivity index (χ3n) is 4.72. The van der Waals surface area contributed by atoms with Crippen molar-refractivity contribution in [2.24, 2.45) is 0 Å². The van der Waals surface area contributed by atoms with E-state index in [0.717, 1.165) is 16.8 Å². The molecule has 6 nitrogen and oxygen atoms in total. The molecule has 0 aliphatic heterocycles. The Hall–Kier alpha value is -3.00. The quantitative estimate of drug-likeness (QED) is 0.431. The highest BCUT2D eigenvalue weighted by molar-refractivity contribution is 7.99. The van der Waals surface area contributed by atoms with E-state index in [0.29, 0.717) is 23.1 Å². The van der Waals surface area contributed by atoms with Crippen LogP contribution in [0.5, 0.6) is 0 Å². The lowest BCUT2D eigenvalue weighted by Gasteiger charge is -2.09. The van der Waals surface area contributed by atoms with Gasteiger partial charge >= 0.3 is 0 Å². The third-order valence-corrected chi connectivity index (χ3v) is 5.68. The van der Waals surface area contributed by atoms with Gasteiger partial charge in [0.15, 0.2) is 10.9 Å². The normalized spacial score (nSPS) is 10.8. The first-order chi connectivity index (χ1) is 14.4. The summed E-state index contributed by atoms with van der Waals surface area (Å²) in [7, 11) is 0. The molecular weight excluding hydrogens is 403 g/mol. The fourth-order valence-electron chi connectivity index (χ4n) is 2.89. The molecule has 0 aliphatic carbocycles. The number of ketones is 1. The number of aryl methyl sites for hydroxylation is 2. The summed E-state index contributed by atoms with van der Waals surface area (Å²) in [6, 6.07) is 11.2. The van der Waals surface area contributed by atoms with Crippen molar-refractivity contribution in [2.75, 3.05) is 11.1 Å².